The molecule has 0 aliphatic heterocycles. The van der Waals surface area contributed by atoms with Crippen LogP contribution < -0.4 is 0 Å². The minimum atomic E-state index is 0.671. The van der Waals surface area contributed by atoms with Gasteiger partial charge in [-0.2, -0.15) is 0 Å². The van der Waals surface area contributed by atoms with Crippen molar-refractivity contribution < 1.29 is 0 Å². The Morgan fingerprint density at radius 3 is 2.71 bits per heavy atom. The maximum absolute atomic E-state index is 2.28. The van der Waals surface area contributed by atoms with E-state index in [-0.39, 0.29) is 0 Å². The third kappa shape index (κ3) is 2.30. The van der Waals surface area contributed by atoms with Crippen molar-refractivity contribution in [2.75, 3.05) is 0 Å². The summed E-state index contributed by atoms with van der Waals surface area (Å²) in [5, 5.41) is 0. The molecule has 0 radical (unpaired) electrons. The summed E-state index contributed by atoms with van der Waals surface area (Å²) in [5.74, 6) is 0.671. The van der Waals surface area contributed by atoms with E-state index in [0.717, 1.165) is 0 Å². The minimum absolute atomic E-state index is 0.671. The summed E-state index contributed by atoms with van der Waals surface area (Å²) in [4.78, 5) is 2.81. The molecule has 1 aliphatic rings. The molecule has 1 atom stereocenters. The van der Waals surface area contributed by atoms with Crippen molar-refractivity contribution in [1.82, 2.24) is 0 Å². The van der Waals surface area contributed by atoms with Crippen molar-refractivity contribution in [3.63, 3.8) is 0 Å². The second-order valence-corrected chi connectivity index (χ2v) is 4.70. The Hall–Kier alpha value is -0.950. The molecule has 0 amide bonds. The smallest absolute Gasteiger partial charge is 0.0119 e. The van der Waals surface area contributed by atoms with Crippen LogP contribution in [0.1, 0.15) is 13.3 Å². The molecule has 0 spiro atoms. The predicted octanol–water partition coefficient (Wildman–Crippen LogP) is 4.26. The number of rotatable bonds is 2. The fourth-order valence-electron chi connectivity index (χ4n) is 1.49. The van der Waals surface area contributed by atoms with Crippen molar-refractivity contribution in [2.45, 2.75) is 18.2 Å². The summed E-state index contributed by atoms with van der Waals surface area (Å²) in [6, 6.07) is 10.6. The van der Waals surface area contributed by atoms with Gasteiger partial charge in [-0.15, -0.1) is 0 Å². The number of hydrogen-bond acceptors (Lipinski definition) is 1. The van der Waals surface area contributed by atoms with E-state index in [0.29, 0.717) is 5.92 Å². The van der Waals surface area contributed by atoms with Gasteiger partial charge in [-0.25, -0.2) is 0 Å². The van der Waals surface area contributed by atoms with Gasteiger partial charge in [0.05, 0.1) is 0 Å². The number of allylic oxidation sites excluding steroid dienone is 4. The lowest BCUT2D eigenvalue weighted by Crippen LogP contribution is -1.97. The molecule has 1 aliphatic carbocycles. The van der Waals surface area contributed by atoms with Crippen LogP contribution in [0.15, 0.2) is 58.4 Å². The van der Waals surface area contributed by atoms with Gasteiger partial charge in [-0.1, -0.05) is 55.1 Å². The molecule has 0 saturated heterocycles. The topological polar surface area (TPSA) is 0 Å². The molecule has 1 aromatic carbocycles. The van der Waals surface area contributed by atoms with Gasteiger partial charge >= 0.3 is 0 Å². The first-order valence-corrected chi connectivity index (χ1v) is 5.77. The first-order valence-electron chi connectivity index (χ1n) is 4.96. The highest BCUT2D eigenvalue weighted by Crippen LogP contribution is 2.34. The van der Waals surface area contributed by atoms with Crippen molar-refractivity contribution in [3.05, 3.63) is 53.5 Å². The summed E-state index contributed by atoms with van der Waals surface area (Å²) in [5.41, 5.74) is 0. The zero-order valence-electron chi connectivity index (χ0n) is 8.31. The second-order valence-electron chi connectivity index (χ2n) is 3.55. The summed E-state index contributed by atoms with van der Waals surface area (Å²) >= 11 is 1.88. The normalized spacial score (nSPS) is 20.6. The molecule has 0 nitrogen and oxygen atoms in total. The molecule has 14 heavy (non-hydrogen) atoms. The van der Waals surface area contributed by atoms with E-state index in [9.17, 15) is 0 Å². The molecule has 1 heteroatoms. The molecule has 0 fully saturated rings. The van der Waals surface area contributed by atoms with Crippen molar-refractivity contribution in [1.29, 1.82) is 0 Å². The maximum atomic E-state index is 2.28. The van der Waals surface area contributed by atoms with Crippen molar-refractivity contribution in [3.8, 4) is 0 Å². The largest absolute Gasteiger partial charge is 0.0943 e. The van der Waals surface area contributed by atoms with Crippen molar-refractivity contribution in [2.24, 2.45) is 5.92 Å². The Labute approximate surface area is 89.7 Å². The highest BCUT2D eigenvalue weighted by atomic mass is 32.2. The van der Waals surface area contributed by atoms with Gasteiger partial charge in [-0.05, 0) is 29.4 Å². The molecule has 0 N–H and O–H groups in total. The molecule has 1 aromatic rings. The fraction of sp³-hybridized carbons (Fsp3) is 0.231. The van der Waals surface area contributed by atoms with Crippen LogP contribution in [0, 0.1) is 5.92 Å². The van der Waals surface area contributed by atoms with E-state index in [1.807, 2.05) is 11.8 Å². The number of benzene rings is 1. The van der Waals surface area contributed by atoms with E-state index in [1.54, 1.807) is 0 Å². The lowest BCUT2D eigenvalue weighted by Gasteiger charge is -2.16. The first kappa shape index (κ1) is 9.60. The van der Waals surface area contributed by atoms with E-state index < -0.39 is 0 Å². The Morgan fingerprint density at radius 1 is 1.21 bits per heavy atom. The SMILES string of the molecule is CC1CC=CC=C1Sc1ccccc1. The van der Waals surface area contributed by atoms with E-state index >= 15 is 0 Å². The lowest BCUT2D eigenvalue weighted by atomic mass is 10.0. The van der Waals surface area contributed by atoms with Crippen LogP contribution in [-0.2, 0) is 0 Å². The molecule has 0 aromatic heterocycles. The van der Waals surface area contributed by atoms with Crippen LogP contribution in [0.3, 0.4) is 0 Å². The number of thioether (sulfide) groups is 1. The maximum Gasteiger partial charge on any atom is 0.0119 e. The highest BCUT2D eigenvalue weighted by Gasteiger charge is 2.10. The molecule has 72 valence electrons. The third-order valence-corrected chi connectivity index (χ3v) is 3.63. The first-order chi connectivity index (χ1) is 6.86. The third-order valence-electron chi connectivity index (χ3n) is 2.35. The quantitative estimate of drug-likeness (QED) is 0.690. The summed E-state index contributed by atoms with van der Waals surface area (Å²) in [6.07, 6.45) is 7.79. The van der Waals surface area contributed by atoms with E-state index in [1.165, 1.54) is 16.2 Å². The molecular formula is C13H14S. The van der Waals surface area contributed by atoms with Gasteiger partial charge < -0.3 is 0 Å². The standard InChI is InChI=1S/C13H14S/c1-11-7-5-6-10-13(11)14-12-8-3-2-4-9-12/h2-6,8-11H,7H2,1H3. The molecule has 1 unspecified atom stereocenters. The highest BCUT2D eigenvalue weighted by molar-refractivity contribution is 8.03. The Kier molecular flexibility index (Phi) is 3.10. The van der Waals surface area contributed by atoms with E-state index in [4.69, 9.17) is 0 Å². The zero-order chi connectivity index (χ0) is 9.80. The summed E-state index contributed by atoms with van der Waals surface area (Å²) < 4.78 is 0. The van der Waals surface area contributed by atoms with Crippen LogP contribution in [0.4, 0.5) is 0 Å². The molecule has 0 saturated carbocycles. The second kappa shape index (κ2) is 4.52. The molecule has 0 bridgehead atoms. The van der Waals surface area contributed by atoms with Crippen LogP contribution in [0.25, 0.3) is 0 Å². The van der Waals surface area contributed by atoms with Gasteiger partial charge in [-0.3, -0.25) is 0 Å². The summed E-state index contributed by atoms with van der Waals surface area (Å²) in [6.45, 7) is 2.28. The van der Waals surface area contributed by atoms with Gasteiger partial charge in [0.1, 0.15) is 0 Å². The zero-order valence-corrected chi connectivity index (χ0v) is 9.13. The van der Waals surface area contributed by atoms with Gasteiger partial charge in [0.25, 0.3) is 0 Å². The molecular weight excluding hydrogens is 188 g/mol. The Balaban J connectivity index is 2.11. The average molecular weight is 202 g/mol. The Bertz CT molecular complexity index is 349. The predicted molar refractivity (Wildman–Crippen MR) is 63.3 cm³/mol. The Morgan fingerprint density at radius 2 is 2.00 bits per heavy atom. The van der Waals surface area contributed by atoms with Gasteiger partial charge in [0.2, 0.25) is 0 Å². The lowest BCUT2D eigenvalue weighted by molar-refractivity contribution is 0.724. The van der Waals surface area contributed by atoms with Crippen LogP contribution >= 0.6 is 11.8 Å². The number of hydrogen-bond donors (Lipinski definition) is 0. The van der Waals surface area contributed by atoms with E-state index in [2.05, 4.69) is 55.5 Å². The van der Waals surface area contributed by atoms with Crippen LogP contribution in [-0.4, -0.2) is 0 Å². The fourth-order valence-corrected chi connectivity index (χ4v) is 2.49. The molecule has 2 rings (SSSR count). The minimum Gasteiger partial charge on any atom is -0.0943 e. The summed E-state index contributed by atoms with van der Waals surface area (Å²) in [7, 11) is 0. The van der Waals surface area contributed by atoms with Gasteiger partial charge in [0.15, 0.2) is 0 Å². The monoisotopic (exact) mass is 202 g/mol. The van der Waals surface area contributed by atoms with Crippen LogP contribution in [0.2, 0.25) is 0 Å². The van der Waals surface area contributed by atoms with Crippen molar-refractivity contribution >= 4 is 11.8 Å². The van der Waals surface area contributed by atoms with Crippen LogP contribution in [0.5, 0.6) is 0 Å². The average Bonchev–Trinajstić information content (AvgIpc) is 2.23. The molecule has 0 heterocycles. The van der Waals surface area contributed by atoms with Gasteiger partial charge in [0, 0.05) is 4.90 Å².